The number of nitrogens with one attached hydrogen (secondary N) is 1. The van der Waals surface area contributed by atoms with Gasteiger partial charge in [0.1, 0.15) is 0 Å². The Kier molecular flexibility index (Phi) is 4.52. The monoisotopic (exact) mass is 318 g/mol. The molecule has 0 saturated heterocycles. The zero-order valence-electron chi connectivity index (χ0n) is 13.6. The van der Waals surface area contributed by atoms with Gasteiger partial charge in [-0.15, -0.1) is 0 Å². The Morgan fingerprint density at radius 3 is 2.58 bits per heavy atom. The second-order valence-electron chi connectivity index (χ2n) is 5.42. The molecule has 0 bridgehead atoms. The lowest BCUT2D eigenvalue weighted by molar-refractivity contribution is -0.114. The van der Waals surface area contributed by atoms with Gasteiger partial charge in [0, 0.05) is 30.9 Å². The Labute approximate surface area is 141 Å². The Bertz CT molecular complexity index is 849. The molecule has 0 radical (unpaired) electrons. The van der Waals surface area contributed by atoms with Crippen molar-refractivity contribution in [3.63, 3.8) is 0 Å². The Morgan fingerprint density at radius 2 is 1.83 bits per heavy atom. The molecule has 0 saturated carbocycles. The van der Waals surface area contributed by atoms with Gasteiger partial charge in [0.2, 0.25) is 5.91 Å². The van der Waals surface area contributed by atoms with E-state index in [-0.39, 0.29) is 5.91 Å². The summed E-state index contributed by atoms with van der Waals surface area (Å²) in [6.45, 7) is 1.49. The van der Waals surface area contributed by atoms with E-state index < -0.39 is 0 Å². The molecule has 0 aliphatic heterocycles. The third-order valence-corrected chi connectivity index (χ3v) is 3.59. The Morgan fingerprint density at radius 1 is 1.04 bits per heavy atom. The minimum Gasteiger partial charge on any atom is -0.328 e. The number of aromatic nitrogens is 2. The fraction of sp³-hybridized carbons (Fsp3) is 0.105. The minimum absolute atomic E-state index is 0.101. The van der Waals surface area contributed by atoms with Crippen LogP contribution in [-0.4, -0.2) is 22.9 Å². The molecule has 5 nitrogen and oxygen atoms in total. The summed E-state index contributed by atoms with van der Waals surface area (Å²) in [5.74, 6) is 0.652. The van der Waals surface area contributed by atoms with E-state index in [1.807, 2.05) is 66.5 Å². The lowest BCUT2D eigenvalue weighted by Crippen LogP contribution is -2.11. The molecule has 2 aromatic carbocycles. The van der Waals surface area contributed by atoms with Gasteiger partial charge in [-0.2, -0.15) is 0 Å². The van der Waals surface area contributed by atoms with E-state index >= 15 is 0 Å². The van der Waals surface area contributed by atoms with E-state index in [0.29, 0.717) is 0 Å². The third-order valence-electron chi connectivity index (χ3n) is 3.59. The lowest BCUT2D eigenvalue weighted by Gasteiger charge is -2.18. The van der Waals surface area contributed by atoms with Crippen molar-refractivity contribution in [2.24, 2.45) is 0 Å². The highest BCUT2D eigenvalue weighted by Gasteiger charge is 2.08. The molecule has 3 aromatic rings. The van der Waals surface area contributed by atoms with Crippen LogP contribution in [0.1, 0.15) is 6.92 Å². The van der Waals surface area contributed by atoms with Crippen molar-refractivity contribution >= 4 is 23.1 Å². The van der Waals surface area contributed by atoms with E-state index in [1.54, 1.807) is 12.4 Å². The summed E-state index contributed by atoms with van der Waals surface area (Å²) < 4.78 is 0. The van der Waals surface area contributed by atoms with Crippen LogP contribution in [0.25, 0.3) is 11.3 Å². The van der Waals surface area contributed by atoms with Gasteiger partial charge in [-0.25, -0.2) is 4.98 Å². The molecule has 0 aliphatic carbocycles. The zero-order valence-corrected chi connectivity index (χ0v) is 13.6. The zero-order chi connectivity index (χ0) is 16.9. The van der Waals surface area contributed by atoms with Crippen molar-refractivity contribution < 1.29 is 4.79 Å². The number of hydrogen-bond acceptors (Lipinski definition) is 4. The summed E-state index contributed by atoms with van der Waals surface area (Å²) >= 11 is 0. The predicted molar refractivity (Wildman–Crippen MR) is 96.3 cm³/mol. The number of amides is 1. The van der Waals surface area contributed by atoms with Gasteiger partial charge >= 0.3 is 0 Å². The van der Waals surface area contributed by atoms with Gasteiger partial charge < -0.3 is 10.2 Å². The molecule has 1 aromatic heterocycles. The van der Waals surface area contributed by atoms with E-state index in [0.717, 1.165) is 28.5 Å². The molecule has 24 heavy (non-hydrogen) atoms. The third kappa shape index (κ3) is 3.57. The highest BCUT2D eigenvalue weighted by Crippen LogP contribution is 2.25. The second kappa shape index (κ2) is 6.91. The summed E-state index contributed by atoms with van der Waals surface area (Å²) in [4.78, 5) is 22.2. The number of hydrogen-bond donors (Lipinski definition) is 1. The molecule has 1 amide bonds. The normalized spacial score (nSPS) is 10.2. The second-order valence-corrected chi connectivity index (χ2v) is 5.42. The van der Waals surface area contributed by atoms with Crippen LogP contribution in [0.2, 0.25) is 0 Å². The standard InChI is InChI=1S/C19H18N4O/c1-14(24)21-16-8-6-7-15(11-16)18-12-20-13-19(22-18)23(2)17-9-4-3-5-10-17/h3-13H,1-2H3,(H,21,24). The summed E-state index contributed by atoms with van der Waals surface area (Å²) in [5, 5.41) is 2.78. The van der Waals surface area contributed by atoms with Crippen LogP contribution >= 0.6 is 0 Å². The molecular weight excluding hydrogens is 300 g/mol. The van der Waals surface area contributed by atoms with Crippen molar-refractivity contribution in [2.75, 3.05) is 17.3 Å². The highest BCUT2D eigenvalue weighted by atomic mass is 16.1. The van der Waals surface area contributed by atoms with Crippen molar-refractivity contribution in [1.82, 2.24) is 9.97 Å². The first-order valence-corrected chi connectivity index (χ1v) is 7.62. The molecular formula is C19H18N4O. The first kappa shape index (κ1) is 15.7. The van der Waals surface area contributed by atoms with Crippen LogP contribution in [0, 0.1) is 0 Å². The highest BCUT2D eigenvalue weighted by molar-refractivity contribution is 5.89. The van der Waals surface area contributed by atoms with Crippen LogP contribution in [0.4, 0.5) is 17.2 Å². The van der Waals surface area contributed by atoms with Crippen LogP contribution in [-0.2, 0) is 4.79 Å². The SMILES string of the molecule is CC(=O)Nc1cccc(-c2cncc(N(C)c3ccccc3)n2)c1. The fourth-order valence-corrected chi connectivity index (χ4v) is 2.40. The number of carbonyl (C=O) groups excluding carboxylic acids is 1. The number of rotatable bonds is 4. The molecule has 3 rings (SSSR count). The van der Waals surface area contributed by atoms with Crippen LogP contribution < -0.4 is 10.2 Å². The van der Waals surface area contributed by atoms with Gasteiger partial charge in [0.15, 0.2) is 5.82 Å². The van der Waals surface area contributed by atoms with Gasteiger partial charge in [-0.05, 0) is 24.3 Å². The summed E-state index contributed by atoms with van der Waals surface area (Å²) in [6, 6.07) is 17.6. The van der Waals surface area contributed by atoms with Crippen LogP contribution in [0.15, 0.2) is 67.0 Å². The average Bonchev–Trinajstić information content (AvgIpc) is 2.62. The molecule has 1 N–H and O–H groups in total. The average molecular weight is 318 g/mol. The van der Waals surface area contributed by atoms with Gasteiger partial charge in [-0.3, -0.25) is 9.78 Å². The van der Waals surface area contributed by atoms with E-state index in [4.69, 9.17) is 4.98 Å². The van der Waals surface area contributed by atoms with E-state index in [9.17, 15) is 4.79 Å². The van der Waals surface area contributed by atoms with E-state index in [2.05, 4.69) is 10.3 Å². The molecule has 0 unspecified atom stereocenters. The predicted octanol–water partition coefficient (Wildman–Crippen LogP) is 3.87. The minimum atomic E-state index is -0.101. The van der Waals surface area contributed by atoms with E-state index in [1.165, 1.54) is 6.92 Å². The molecule has 1 heterocycles. The number of carbonyl (C=O) groups is 1. The quantitative estimate of drug-likeness (QED) is 0.793. The van der Waals surface area contributed by atoms with Crippen LogP contribution in [0.3, 0.4) is 0 Å². The lowest BCUT2D eigenvalue weighted by atomic mass is 10.1. The maximum atomic E-state index is 11.2. The van der Waals surface area contributed by atoms with Crippen molar-refractivity contribution in [2.45, 2.75) is 6.92 Å². The van der Waals surface area contributed by atoms with Gasteiger partial charge in [0.25, 0.3) is 0 Å². The number of nitrogens with zero attached hydrogens (tertiary/aromatic N) is 3. The topological polar surface area (TPSA) is 58.1 Å². The van der Waals surface area contributed by atoms with Gasteiger partial charge in [-0.1, -0.05) is 30.3 Å². The summed E-state index contributed by atoms with van der Waals surface area (Å²) in [7, 11) is 1.96. The first-order chi connectivity index (χ1) is 11.6. The molecule has 0 atom stereocenters. The van der Waals surface area contributed by atoms with Gasteiger partial charge in [0.05, 0.1) is 18.1 Å². The largest absolute Gasteiger partial charge is 0.328 e. The maximum absolute atomic E-state index is 11.2. The number of anilines is 3. The van der Waals surface area contributed by atoms with Crippen molar-refractivity contribution in [3.05, 3.63) is 67.0 Å². The number of para-hydroxylation sites is 1. The molecule has 120 valence electrons. The smallest absolute Gasteiger partial charge is 0.221 e. The number of benzene rings is 2. The van der Waals surface area contributed by atoms with Crippen LogP contribution in [0.5, 0.6) is 0 Å². The maximum Gasteiger partial charge on any atom is 0.221 e. The van der Waals surface area contributed by atoms with Crippen molar-refractivity contribution in [1.29, 1.82) is 0 Å². The Hall–Kier alpha value is -3.21. The summed E-state index contributed by atoms with van der Waals surface area (Å²) in [6.07, 6.45) is 3.45. The molecule has 0 spiro atoms. The first-order valence-electron chi connectivity index (χ1n) is 7.62. The molecule has 0 aliphatic rings. The Balaban J connectivity index is 1.92. The molecule has 0 fully saturated rings. The molecule has 5 heteroatoms. The fourth-order valence-electron chi connectivity index (χ4n) is 2.40. The van der Waals surface area contributed by atoms with Crippen molar-refractivity contribution in [3.8, 4) is 11.3 Å². The summed E-state index contributed by atoms with van der Waals surface area (Å²) in [5.41, 5.74) is 3.43.